The molecule has 0 aromatic carbocycles. The van der Waals surface area contributed by atoms with Gasteiger partial charge >= 0.3 is 0 Å². The fraction of sp³-hybridized carbons (Fsp3) is 0.923. The molecule has 2 nitrogen and oxygen atoms in total. The largest absolute Gasteiger partial charge is 0.392 e. The van der Waals surface area contributed by atoms with Crippen LogP contribution in [0.25, 0.3) is 0 Å². The Bertz CT molecular complexity index is 287. The molecule has 0 heterocycles. The molecule has 0 aliphatic heterocycles. The van der Waals surface area contributed by atoms with Gasteiger partial charge in [0.05, 0.1) is 6.10 Å². The van der Waals surface area contributed by atoms with Gasteiger partial charge in [0, 0.05) is 5.75 Å². The Labute approximate surface area is 101 Å². The van der Waals surface area contributed by atoms with E-state index < -0.39 is 0 Å². The number of aliphatic hydroxyl groups excluding tert-OH is 1. The van der Waals surface area contributed by atoms with Gasteiger partial charge < -0.3 is 5.11 Å². The molecule has 4 saturated carbocycles. The van der Waals surface area contributed by atoms with E-state index in [4.69, 9.17) is 5.26 Å². The van der Waals surface area contributed by atoms with Crippen molar-refractivity contribution in [3.8, 4) is 5.40 Å². The van der Waals surface area contributed by atoms with Gasteiger partial charge in [-0.1, -0.05) is 0 Å². The van der Waals surface area contributed by atoms with Crippen molar-refractivity contribution in [1.29, 1.82) is 5.26 Å². The van der Waals surface area contributed by atoms with Crippen molar-refractivity contribution in [3.63, 3.8) is 0 Å². The molecule has 0 saturated heterocycles. The number of hydrogen-bond donors (Lipinski definition) is 1. The van der Waals surface area contributed by atoms with Crippen molar-refractivity contribution in [1.82, 2.24) is 0 Å². The van der Waals surface area contributed by atoms with Crippen LogP contribution in [0.3, 0.4) is 0 Å². The summed E-state index contributed by atoms with van der Waals surface area (Å²) in [7, 11) is 0. The van der Waals surface area contributed by atoms with Crippen LogP contribution in [0, 0.1) is 33.8 Å². The number of thioether (sulfide) groups is 1. The highest BCUT2D eigenvalue weighted by Crippen LogP contribution is 2.61. The lowest BCUT2D eigenvalue weighted by atomic mass is 9.48. The zero-order valence-corrected chi connectivity index (χ0v) is 10.4. The van der Waals surface area contributed by atoms with Gasteiger partial charge in [0.15, 0.2) is 0 Å². The summed E-state index contributed by atoms with van der Waals surface area (Å²) in [6.07, 6.45) is 7.68. The van der Waals surface area contributed by atoms with Gasteiger partial charge in [-0.15, -0.1) is 0 Å². The van der Waals surface area contributed by atoms with E-state index in [1.54, 1.807) is 0 Å². The highest BCUT2D eigenvalue weighted by molar-refractivity contribution is 8.03. The van der Waals surface area contributed by atoms with Crippen LogP contribution in [-0.2, 0) is 0 Å². The number of aliphatic hydroxyl groups is 1. The first-order chi connectivity index (χ1) is 7.72. The van der Waals surface area contributed by atoms with Crippen molar-refractivity contribution in [2.75, 3.05) is 5.75 Å². The number of thiocyanates is 1. The van der Waals surface area contributed by atoms with Gasteiger partial charge in [0.2, 0.25) is 0 Å². The first kappa shape index (κ1) is 10.9. The zero-order valence-electron chi connectivity index (χ0n) is 9.56. The average Bonchev–Trinajstić information content (AvgIpc) is 2.24. The quantitative estimate of drug-likeness (QED) is 0.768. The molecule has 3 heteroatoms. The Morgan fingerprint density at radius 1 is 1.19 bits per heavy atom. The smallest absolute Gasteiger partial charge is 0.133 e. The summed E-state index contributed by atoms with van der Waals surface area (Å²) in [6, 6.07) is 0. The van der Waals surface area contributed by atoms with Crippen LogP contribution in [-0.4, -0.2) is 17.0 Å². The SMILES string of the molecule is N#CSC[C@@H](O)C12CC3CC(CC(C3)C1)C2. The Morgan fingerprint density at radius 2 is 1.69 bits per heavy atom. The van der Waals surface area contributed by atoms with E-state index in [2.05, 4.69) is 5.40 Å². The molecule has 0 aromatic heterocycles. The molecule has 0 spiro atoms. The summed E-state index contributed by atoms with van der Waals surface area (Å²) in [5.74, 6) is 3.26. The van der Waals surface area contributed by atoms with E-state index in [-0.39, 0.29) is 11.5 Å². The number of hydrogen-bond acceptors (Lipinski definition) is 3. The molecular formula is C13H19NOS. The predicted octanol–water partition coefficient (Wildman–Crippen LogP) is 2.78. The lowest BCUT2D eigenvalue weighted by Gasteiger charge is -2.58. The van der Waals surface area contributed by atoms with Crippen molar-refractivity contribution in [2.45, 2.75) is 44.6 Å². The van der Waals surface area contributed by atoms with Crippen LogP contribution in [0.4, 0.5) is 0 Å². The predicted molar refractivity (Wildman–Crippen MR) is 64.7 cm³/mol. The molecule has 0 unspecified atom stereocenters. The molecule has 4 fully saturated rings. The van der Waals surface area contributed by atoms with Crippen LogP contribution >= 0.6 is 11.8 Å². The molecular weight excluding hydrogens is 218 g/mol. The van der Waals surface area contributed by atoms with Crippen molar-refractivity contribution in [3.05, 3.63) is 0 Å². The third-order valence-corrected chi connectivity index (χ3v) is 5.71. The molecule has 4 rings (SSSR count). The van der Waals surface area contributed by atoms with E-state index in [1.165, 1.54) is 50.3 Å². The fourth-order valence-corrected chi connectivity index (χ4v) is 5.46. The Kier molecular flexibility index (Phi) is 2.68. The summed E-state index contributed by atoms with van der Waals surface area (Å²) in [5.41, 5.74) is 0.193. The standard InChI is InChI=1S/C13H19NOS/c14-8-16-7-12(15)13-4-9-1-10(5-13)3-11(2-9)6-13/h9-12,15H,1-7H2/t9?,10?,11?,12-,13?/m1/s1. The minimum atomic E-state index is -0.245. The monoisotopic (exact) mass is 237 g/mol. The topological polar surface area (TPSA) is 44.0 Å². The molecule has 4 aliphatic rings. The van der Waals surface area contributed by atoms with E-state index in [0.29, 0.717) is 5.75 Å². The lowest BCUT2D eigenvalue weighted by molar-refractivity contribution is -0.112. The molecule has 4 aliphatic carbocycles. The second kappa shape index (κ2) is 3.92. The Balaban J connectivity index is 1.75. The van der Waals surface area contributed by atoms with Crippen LogP contribution in [0.5, 0.6) is 0 Å². The molecule has 1 atom stereocenters. The minimum Gasteiger partial charge on any atom is -0.392 e. The maximum atomic E-state index is 10.4. The Hall–Kier alpha value is -0.200. The highest BCUT2D eigenvalue weighted by Gasteiger charge is 2.53. The van der Waals surface area contributed by atoms with E-state index in [1.807, 2.05) is 0 Å². The van der Waals surface area contributed by atoms with Crippen molar-refractivity contribution in [2.24, 2.45) is 23.2 Å². The first-order valence-electron chi connectivity index (χ1n) is 6.41. The second-order valence-corrected chi connectivity index (χ2v) is 7.00. The van der Waals surface area contributed by atoms with E-state index in [0.717, 1.165) is 17.8 Å². The molecule has 16 heavy (non-hydrogen) atoms. The van der Waals surface area contributed by atoms with Gasteiger partial charge in [0.25, 0.3) is 0 Å². The molecule has 0 amide bonds. The first-order valence-corrected chi connectivity index (χ1v) is 7.39. The summed E-state index contributed by atoms with van der Waals surface area (Å²) < 4.78 is 0. The maximum absolute atomic E-state index is 10.4. The number of nitriles is 1. The van der Waals surface area contributed by atoms with Gasteiger partial charge in [0.1, 0.15) is 5.40 Å². The molecule has 4 bridgehead atoms. The van der Waals surface area contributed by atoms with Gasteiger partial charge in [-0.2, -0.15) is 5.26 Å². The molecule has 0 aromatic rings. The third kappa shape index (κ3) is 1.67. The highest BCUT2D eigenvalue weighted by atomic mass is 32.2. The minimum absolute atomic E-state index is 0.193. The van der Waals surface area contributed by atoms with E-state index in [9.17, 15) is 5.11 Å². The third-order valence-electron chi connectivity index (χ3n) is 5.10. The zero-order chi connectivity index (χ0) is 11.2. The van der Waals surface area contributed by atoms with Crippen molar-refractivity contribution >= 4 is 11.8 Å². The second-order valence-electron chi connectivity index (χ2n) is 6.20. The fourth-order valence-electron chi connectivity index (χ4n) is 4.88. The average molecular weight is 237 g/mol. The van der Waals surface area contributed by atoms with Crippen molar-refractivity contribution < 1.29 is 5.11 Å². The summed E-state index contributed by atoms with van der Waals surface area (Å²) in [6.45, 7) is 0. The summed E-state index contributed by atoms with van der Waals surface area (Å²) >= 11 is 1.22. The summed E-state index contributed by atoms with van der Waals surface area (Å²) in [5, 5.41) is 21.1. The molecule has 1 N–H and O–H groups in total. The number of rotatable bonds is 3. The van der Waals surface area contributed by atoms with Crippen LogP contribution in [0.1, 0.15) is 38.5 Å². The van der Waals surface area contributed by atoms with Crippen LogP contribution in [0.15, 0.2) is 0 Å². The van der Waals surface area contributed by atoms with Crippen LogP contribution in [0.2, 0.25) is 0 Å². The molecule has 88 valence electrons. The summed E-state index contributed by atoms with van der Waals surface area (Å²) in [4.78, 5) is 0. The van der Waals surface area contributed by atoms with Gasteiger partial charge in [-0.25, -0.2) is 0 Å². The maximum Gasteiger partial charge on any atom is 0.133 e. The van der Waals surface area contributed by atoms with Gasteiger partial charge in [-0.3, -0.25) is 0 Å². The molecule has 0 radical (unpaired) electrons. The Morgan fingerprint density at radius 3 is 2.12 bits per heavy atom. The van der Waals surface area contributed by atoms with Crippen LogP contribution < -0.4 is 0 Å². The normalized spacial score (nSPS) is 46.6. The number of nitrogens with zero attached hydrogens (tertiary/aromatic N) is 1. The van der Waals surface area contributed by atoms with Gasteiger partial charge in [-0.05, 0) is 73.5 Å². The van der Waals surface area contributed by atoms with E-state index >= 15 is 0 Å². The lowest BCUT2D eigenvalue weighted by Crippen LogP contribution is -2.52.